The van der Waals surface area contributed by atoms with Crippen molar-refractivity contribution in [3.05, 3.63) is 89.3 Å². The van der Waals surface area contributed by atoms with Crippen LogP contribution < -0.4 is 9.47 Å². The molecule has 1 aromatic heterocycles. The number of ether oxygens (including phenoxy) is 2. The normalized spacial score (nSPS) is 17.7. The molecule has 5 heteroatoms. The molecule has 0 saturated carbocycles. The highest BCUT2D eigenvalue weighted by Gasteiger charge is 2.23. The fraction of sp³-hybridized carbons (Fsp3) is 0.321. The Kier molecular flexibility index (Phi) is 6.31. The Bertz CT molecular complexity index is 1150. The van der Waals surface area contributed by atoms with E-state index in [1.54, 1.807) is 13.2 Å². The number of nitrogens with zero attached hydrogens (tertiary/aromatic N) is 2. The molecule has 2 aromatic carbocycles. The van der Waals surface area contributed by atoms with Crippen molar-refractivity contribution in [1.82, 2.24) is 9.88 Å². The van der Waals surface area contributed by atoms with Gasteiger partial charge in [0.1, 0.15) is 23.9 Å². The van der Waals surface area contributed by atoms with Crippen molar-refractivity contribution >= 4 is 5.57 Å². The quantitative estimate of drug-likeness (QED) is 0.574. The number of phenolic OH excluding ortho intramolecular Hbond substituents is 1. The summed E-state index contributed by atoms with van der Waals surface area (Å²) in [7, 11) is 1.69. The van der Waals surface area contributed by atoms with E-state index in [1.807, 2.05) is 36.5 Å². The average molecular weight is 443 g/mol. The van der Waals surface area contributed by atoms with Crippen LogP contribution in [0.25, 0.3) is 5.57 Å². The van der Waals surface area contributed by atoms with Crippen LogP contribution in [0.2, 0.25) is 0 Å². The van der Waals surface area contributed by atoms with Crippen LogP contribution in [0.15, 0.2) is 66.9 Å². The molecule has 3 aromatic rings. The number of likely N-dealkylation sites (tertiary alicyclic amines) is 1. The average Bonchev–Trinajstić information content (AvgIpc) is 3.01. The molecule has 2 aliphatic rings. The smallest absolute Gasteiger partial charge is 0.131 e. The number of para-hydroxylation sites is 1. The Labute approximate surface area is 195 Å². The third-order valence-electron chi connectivity index (χ3n) is 6.78. The number of hydrogen-bond donors (Lipinski definition) is 1. The van der Waals surface area contributed by atoms with Gasteiger partial charge in [0.25, 0.3) is 0 Å². The van der Waals surface area contributed by atoms with Crippen LogP contribution in [0.3, 0.4) is 0 Å². The molecule has 1 saturated heterocycles. The molecule has 1 fully saturated rings. The van der Waals surface area contributed by atoms with Gasteiger partial charge in [0.05, 0.1) is 12.8 Å². The van der Waals surface area contributed by atoms with E-state index >= 15 is 0 Å². The van der Waals surface area contributed by atoms with E-state index in [0.29, 0.717) is 18.3 Å². The summed E-state index contributed by atoms with van der Waals surface area (Å²) in [6, 6.07) is 17.9. The molecule has 1 N–H and O–H groups in total. The topological polar surface area (TPSA) is 54.8 Å². The zero-order chi connectivity index (χ0) is 22.6. The van der Waals surface area contributed by atoms with Crippen LogP contribution >= 0.6 is 0 Å². The Balaban J connectivity index is 1.31. The lowest BCUT2D eigenvalue weighted by atomic mass is 9.88. The summed E-state index contributed by atoms with van der Waals surface area (Å²) in [6.07, 6.45) is 7.25. The summed E-state index contributed by atoms with van der Waals surface area (Å²) in [5, 5.41) is 10.2. The zero-order valence-corrected chi connectivity index (χ0v) is 19.0. The molecular weight excluding hydrogens is 412 g/mol. The van der Waals surface area contributed by atoms with Crippen LogP contribution in [0, 0.1) is 0 Å². The van der Waals surface area contributed by atoms with E-state index in [4.69, 9.17) is 9.47 Å². The molecule has 0 spiro atoms. The summed E-state index contributed by atoms with van der Waals surface area (Å²) in [6.45, 7) is 3.57. The Morgan fingerprint density at radius 2 is 1.94 bits per heavy atom. The molecule has 5 rings (SSSR count). The minimum absolute atomic E-state index is 0.428. The predicted molar refractivity (Wildman–Crippen MR) is 130 cm³/mol. The van der Waals surface area contributed by atoms with Gasteiger partial charge < -0.3 is 19.5 Å². The fourth-order valence-corrected chi connectivity index (χ4v) is 4.97. The van der Waals surface area contributed by atoms with E-state index < -0.39 is 0 Å². The van der Waals surface area contributed by atoms with Gasteiger partial charge in [-0.1, -0.05) is 30.3 Å². The number of aromatic nitrogens is 1. The maximum absolute atomic E-state index is 10.2. The molecule has 5 nitrogen and oxygen atoms in total. The third-order valence-corrected chi connectivity index (χ3v) is 6.78. The van der Waals surface area contributed by atoms with Gasteiger partial charge in [-0.15, -0.1) is 0 Å². The number of piperidine rings is 1. The van der Waals surface area contributed by atoms with Crippen LogP contribution in [0.5, 0.6) is 17.2 Å². The number of phenols is 1. The first-order valence-electron chi connectivity index (χ1n) is 11.7. The number of aromatic hydroxyl groups is 1. The second-order valence-corrected chi connectivity index (χ2v) is 8.73. The Morgan fingerprint density at radius 3 is 2.76 bits per heavy atom. The molecule has 2 aliphatic heterocycles. The first-order valence-corrected chi connectivity index (χ1v) is 11.7. The highest BCUT2D eigenvalue weighted by molar-refractivity contribution is 5.85. The summed E-state index contributed by atoms with van der Waals surface area (Å²) in [5.74, 6) is 2.56. The number of methoxy groups -OCH3 is 1. The van der Waals surface area contributed by atoms with Gasteiger partial charge in [-0.05, 0) is 79.7 Å². The molecule has 33 heavy (non-hydrogen) atoms. The fourth-order valence-electron chi connectivity index (χ4n) is 4.97. The highest BCUT2D eigenvalue weighted by Crippen LogP contribution is 2.38. The van der Waals surface area contributed by atoms with Crippen LogP contribution in [0.1, 0.15) is 47.6 Å². The van der Waals surface area contributed by atoms with Crippen molar-refractivity contribution < 1.29 is 14.6 Å². The van der Waals surface area contributed by atoms with Gasteiger partial charge in [-0.3, -0.25) is 4.98 Å². The minimum atomic E-state index is 0.428. The maximum atomic E-state index is 10.2. The summed E-state index contributed by atoms with van der Waals surface area (Å²) in [5.41, 5.74) is 5.39. The molecule has 0 aliphatic carbocycles. The molecular formula is C28H30N2O3. The van der Waals surface area contributed by atoms with Crippen molar-refractivity contribution in [2.45, 2.75) is 31.8 Å². The summed E-state index contributed by atoms with van der Waals surface area (Å²) in [4.78, 5) is 7.09. The molecule has 170 valence electrons. The van der Waals surface area contributed by atoms with Gasteiger partial charge >= 0.3 is 0 Å². The van der Waals surface area contributed by atoms with Crippen LogP contribution in [0.4, 0.5) is 0 Å². The van der Waals surface area contributed by atoms with Crippen LogP contribution in [-0.4, -0.2) is 41.7 Å². The predicted octanol–water partition coefficient (Wildman–Crippen LogP) is 5.39. The summed E-state index contributed by atoms with van der Waals surface area (Å²) >= 11 is 0. The standard InChI is InChI=1S/C28H30N2O3/c1-32-21-10-11-28-25(18-21)23(24-7-4-14-29-26(24)19-33-28)8-5-15-30-16-12-20(13-17-30)22-6-2-3-9-27(22)31/h2-4,6-11,14,18,20,31H,5,12-13,15-17,19H2,1H3/b23-8+. The first-order chi connectivity index (χ1) is 16.2. The Hall–Kier alpha value is -3.31. The summed E-state index contributed by atoms with van der Waals surface area (Å²) < 4.78 is 11.6. The van der Waals surface area contributed by atoms with Gasteiger partial charge in [-0.25, -0.2) is 0 Å². The molecule has 3 heterocycles. The van der Waals surface area contributed by atoms with Crippen LogP contribution in [-0.2, 0) is 6.61 Å². The highest BCUT2D eigenvalue weighted by atomic mass is 16.5. The lowest BCUT2D eigenvalue weighted by Crippen LogP contribution is -2.33. The van der Waals surface area contributed by atoms with Gasteiger partial charge in [0, 0.05) is 23.9 Å². The molecule has 0 radical (unpaired) electrons. The molecule has 0 amide bonds. The third kappa shape index (κ3) is 4.60. The Morgan fingerprint density at radius 1 is 1.09 bits per heavy atom. The van der Waals surface area contributed by atoms with Crippen molar-refractivity contribution in [3.63, 3.8) is 0 Å². The largest absolute Gasteiger partial charge is 0.508 e. The zero-order valence-electron chi connectivity index (χ0n) is 19.0. The van der Waals surface area contributed by atoms with Crippen molar-refractivity contribution in [1.29, 1.82) is 0 Å². The molecule has 0 bridgehead atoms. The second-order valence-electron chi connectivity index (χ2n) is 8.73. The molecule has 0 unspecified atom stereocenters. The number of pyridine rings is 1. The molecule has 0 atom stereocenters. The van der Waals surface area contributed by atoms with Gasteiger partial charge in [-0.2, -0.15) is 0 Å². The lowest BCUT2D eigenvalue weighted by Gasteiger charge is -2.32. The van der Waals surface area contributed by atoms with Gasteiger partial charge in [0.15, 0.2) is 0 Å². The van der Waals surface area contributed by atoms with E-state index in [2.05, 4.69) is 34.2 Å². The van der Waals surface area contributed by atoms with E-state index in [-0.39, 0.29) is 0 Å². The number of rotatable bonds is 5. The van der Waals surface area contributed by atoms with Crippen molar-refractivity contribution in [2.75, 3.05) is 26.7 Å². The number of hydrogen-bond acceptors (Lipinski definition) is 5. The van der Waals surface area contributed by atoms with E-state index in [9.17, 15) is 5.11 Å². The van der Waals surface area contributed by atoms with Crippen molar-refractivity contribution in [2.24, 2.45) is 0 Å². The monoisotopic (exact) mass is 442 g/mol. The number of benzene rings is 2. The maximum Gasteiger partial charge on any atom is 0.131 e. The second kappa shape index (κ2) is 9.67. The minimum Gasteiger partial charge on any atom is -0.508 e. The van der Waals surface area contributed by atoms with E-state index in [1.165, 1.54) is 0 Å². The SMILES string of the molecule is COc1ccc2c(c1)/C(=C/CCN1CCC(c3ccccc3O)CC1)c1cccnc1CO2. The van der Waals surface area contributed by atoms with E-state index in [0.717, 1.165) is 78.4 Å². The first kappa shape index (κ1) is 21.5. The lowest BCUT2D eigenvalue weighted by molar-refractivity contribution is 0.214. The van der Waals surface area contributed by atoms with Gasteiger partial charge in [0.2, 0.25) is 0 Å². The van der Waals surface area contributed by atoms with Crippen molar-refractivity contribution in [3.8, 4) is 17.2 Å². The number of fused-ring (bicyclic) bond motifs is 2.